The van der Waals surface area contributed by atoms with Crippen molar-refractivity contribution >= 4 is 5.84 Å². The maximum absolute atomic E-state index is 7.69. The van der Waals surface area contributed by atoms with Crippen molar-refractivity contribution in [2.45, 2.75) is 27.7 Å². The molecule has 1 aromatic heterocycles. The van der Waals surface area contributed by atoms with Crippen LogP contribution in [0.4, 0.5) is 0 Å². The van der Waals surface area contributed by atoms with Crippen LogP contribution in [0.2, 0.25) is 0 Å². The largest absolute Gasteiger partial charge is 0.438 e. The maximum atomic E-state index is 7.69. The van der Waals surface area contributed by atoms with Crippen LogP contribution in [0.3, 0.4) is 0 Å². The standard InChI is InChI=1S/C15H20N4O/c1-8-6-7-9(2)13(10(8)3)20-15-12(14(16)17)11(4)18-19(15)5/h6-7H,1-5H3,(H3,16,17). The van der Waals surface area contributed by atoms with Gasteiger partial charge < -0.3 is 10.5 Å². The zero-order valence-corrected chi connectivity index (χ0v) is 12.5. The number of nitrogen functional groups attached to an aromatic ring is 1. The molecule has 0 atom stereocenters. The molecule has 1 heterocycles. The highest BCUT2D eigenvalue weighted by molar-refractivity contribution is 5.98. The van der Waals surface area contributed by atoms with E-state index in [0.29, 0.717) is 17.1 Å². The fraction of sp³-hybridized carbons (Fsp3) is 0.333. The van der Waals surface area contributed by atoms with E-state index in [1.165, 1.54) is 0 Å². The number of rotatable bonds is 3. The predicted molar refractivity (Wildman–Crippen MR) is 79.7 cm³/mol. The van der Waals surface area contributed by atoms with E-state index in [0.717, 1.165) is 22.4 Å². The van der Waals surface area contributed by atoms with E-state index in [-0.39, 0.29) is 5.84 Å². The van der Waals surface area contributed by atoms with Gasteiger partial charge in [0, 0.05) is 7.05 Å². The number of amidine groups is 1. The van der Waals surface area contributed by atoms with Crippen LogP contribution in [0.5, 0.6) is 11.6 Å². The first kappa shape index (κ1) is 14.1. The minimum absolute atomic E-state index is 0.0337. The number of aryl methyl sites for hydroxylation is 4. The third kappa shape index (κ3) is 2.27. The molecule has 20 heavy (non-hydrogen) atoms. The molecule has 5 nitrogen and oxygen atoms in total. The molecule has 0 radical (unpaired) electrons. The third-order valence-electron chi connectivity index (χ3n) is 3.51. The monoisotopic (exact) mass is 272 g/mol. The second-order valence-corrected chi connectivity index (χ2v) is 5.06. The van der Waals surface area contributed by atoms with Gasteiger partial charge in [0.25, 0.3) is 0 Å². The molecule has 0 amide bonds. The Morgan fingerprint density at radius 3 is 2.40 bits per heavy atom. The zero-order valence-electron chi connectivity index (χ0n) is 12.5. The summed E-state index contributed by atoms with van der Waals surface area (Å²) in [5.41, 5.74) is 10.2. The number of nitrogens with two attached hydrogens (primary N) is 1. The first-order valence-corrected chi connectivity index (χ1v) is 6.45. The summed E-state index contributed by atoms with van der Waals surface area (Å²) in [6.07, 6.45) is 0. The summed E-state index contributed by atoms with van der Waals surface area (Å²) in [6.45, 7) is 7.88. The van der Waals surface area contributed by atoms with Crippen LogP contribution in [0.15, 0.2) is 12.1 Å². The molecule has 3 N–H and O–H groups in total. The Hall–Kier alpha value is -2.30. The Morgan fingerprint density at radius 1 is 1.20 bits per heavy atom. The number of nitrogens with zero attached hydrogens (tertiary/aromatic N) is 2. The smallest absolute Gasteiger partial charge is 0.228 e. The Morgan fingerprint density at radius 2 is 1.80 bits per heavy atom. The molecule has 5 heteroatoms. The average Bonchev–Trinajstić information content (AvgIpc) is 2.64. The molecule has 2 aromatic rings. The molecule has 0 spiro atoms. The van der Waals surface area contributed by atoms with Crippen molar-refractivity contribution in [2.24, 2.45) is 12.8 Å². The summed E-state index contributed by atoms with van der Waals surface area (Å²) in [5.74, 6) is 1.27. The molecular weight excluding hydrogens is 252 g/mol. The SMILES string of the molecule is Cc1ccc(C)c(Oc2c(C(=N)N)c(C)nn2C)c1C. The molecular formula is C15H20N4O. The molecule has 2 rings (SSSR count). The first-order chi connectivity index (χ1) is 9.32. The lowest BCUT2D eigenvalue weighted by atomic mass is 10.1. The van der Waals surface area contributed by atoms with Gasteiger partial charge in [0.2, 0.25) is 5.88 Å². The van der Waals surface area contributed by atoms with Gasteiger partial charge in [0.05, 0.1) is 5.69 Å². The van der Waals surface area contributed by atoms with Crippen LogP contribution < -0.4 is 10.5 Å². The highest BCUT2D eigenvalue weighted by Crippen LogP contribution is 2.33. The van der Waals surface area contributed by atoms with E-state index < -0.39 is 0 Å². The second kappa shape index (κ2) is 5.00. The lowest BCUT2D eigenvalue weighted by Crippen LogP contribution is -2.13. The number of ether oxygens (including phenoxy) is 1. The highest BCUT2D eigenvalue weighted by atomic mass is 16.5. The van der Waals surface area contributed by atoms with Gasteiger partial charge in [0.1, 0.15) is 17.1 Å². The van der Waals surface area contributed by atoms with Crippen molar-refractivity contribution in [1.82, 2.24) is 9.78 Å². The van der Waals surface area contributed by atoms with E-state index in [2.05, 4.69) is 11.2 Å². The van der Waals surface area contributed by atoms with Gasteiger partial charge in [-0.05, 0) is 44.4 Å². The molecule has 106 valence electrons. The van der Waals surface area contributed by atoms with Gasteiger partial charge in [-0.3, -0.25) is 5.41 Å². The van der Waals surface area contributed by atoms with Crippen LogP contribution in [-0.4, -0.2) is 15.6 Å². The van der Waals surface area contributed by atoms with Crippen molar-refractivity contribution in [3.63, 3.8) is 0 Å². The predicted octanol–water partition coefficient (Wildman–Crippen LogP) is 2.73. The molecule has 0 bridgehead atoms. The molecule has 1 aromatic carbocycles. The lowest BCUT2D eigenvalue weighted by Gasteiger charge is -2.14. The van der Waals surface area contributed by atoms with Crippen molar-refractivity contribution in [3.8, 4) is 11.6 Å². The Kier molecular flexibility index (Phi) is 3.53. The topological polar surface area (TPSA) is 76.9 Å². The fourth-order valence-electron chi connectivity index (χ4n) is 2.24. The lowest BCUT2D eigenvalue weighted by molar-refractivity contribution is 0.424. The fourth-order valence-corrected chi connectivity index (χ4v) is 2.24. The number of benzene rings is 1. The van der Waals surface area contributed by atoms with E-state index in [9.17, 15) is 0 Å². The Bertz CT molecular complexity index is 686. The summed E-state index contributed by atoms with van der Waals surface area (Å²) in [4.78, 5) is 0. The zero-order chi connectivity index (χ0) is 15.0. The van der Waals surface area contributed by atoms with Gasteiger partial charge in [-0.15, -0.1) is 0 Å². The molecule has 0 aliphatic heterocycles. The summed E-state index contributed by atoms with van der Waals surface area (Å²) in [7, 11) is 1.79. The van der Waals surface area contributed by atoms with E-state index in [4.69, 9.17) is 15.9 Å². The van der Waals surface area contributed by atoms with E-state index in [1.54, 1.807) is 11.7 Å². The van der Waals surface area contributed by atoms with Gasteiger partial charge >= 0.3 is 0 Å². The van der Waals surface area contributed by atoms with Crippen LogP contribution in [0.1, 0.15) is 27.9 Å². The van der Waals surface area contributed by atoms with Crippen LogP contribution in [0, 0.1) is 33.1 Å². The van der Waals surface area contributed by atoms with Crippen molar-refractivity contribution < 1.29 is 4.74 Å². The summed E-state index contributed by atoms with van der Waals surface area (Å²) < 4.78 is 7.66. The molecule has 0 saturated carbocycles. The molecule has 0 fully saturated rings. The first-order valence-electron chi connectivity index (χ1n) is 6.45. The number of nitrogens with one attached hydrogen (secondary N) is 1. The highest BCUT2D eigenvalue weighted by Gasteiger charge is 2.19. The van der Waals surface area contributed by atoms with Crippen LogP contribution in [-0.2, 0) is 7.05 Å². The van der Waals surface area contributed by atoms with Crippen LogP contribution >= 0.6 is 0 Å². The van der Waals surface area contributed by atoms with Crippen molar-refractivity contribution in [3.05, 3.63) is 40.1 Å². The van der Waals surface area contributed by atoms with Crippen molar-refractivity contribution in [2.75, 3.05) is 0 Å². The minimum Gasteiger partial charge on any atom is -0.438 e. The van der Waals surface area contributed by atoms with Gasteiger partial charge in [-0.1, -0.05) is 12.1 Å². The molecule has 0 aliphatic carbocycles. The van der Waals surface area contributed by atoms with E-state index >= 15 is 0 Å². The molecule has 0 aliphatic rings. The van der Waals surface area contributed by atoms with Gasteiger partial charge in [0.15, 0.2) is 0 Å². The van der Waals surface area contributed by atoms with Gasteiger partial charge in [-0.25, -0.2) is 4.68 Å². The summed E-state index contributed by atoms with van der Waals surface area (Å²) >= 11 is 0. The molecule has 0 saturated heterocycles. The van der Waals surface area contributed by atoms with Crippen LogP contribution in [0.25, 0.3) is 0 Å². The van der Waals surface area contributed by atoms with Gasteiger partial charge in [-0.2, -0.15) is 5.10 Å². The summed E-state index contributed by atoms with van der Waals surface area (Å²) in [6, 6.07) is 4.09. The number of hydrogen-bond acceptors (Lipinski definition) is 3. The average molecular weight is 272 g/mol. The van der Waals surface area contributed by atoms with Crippen molar-refractivity contribution in [1.29, 1.82) is 5.41 Å². The quantitative estimate of drug-likeness (QED) is 0.666. The normalized spacial score (nSPS) is 10.7. The second-order valence-electron chi connectivity index (χ2n) is 5.06. The maximum Gasteiger partial charge on any atom is 0.228 e. The number of aromatic nitrogens is 2. The molecule has 0 unspecified atom stereocenters. The third-order valence-corrected chi connectivity index (χ3v) is 3.51. The Balaban J connectivity index is 2.56. The minimum atomic E-state index is -0.0337. The number of hydrogen-bond donors (Lipinski definition) is 2. The summed E-state index contributed by atoms with van der Waals surface area (Å²) in [5, 5.41) is 12.0. The van der Waals surface area contributed by atoms with E-state index in [1.807, 2.05) is 33.8 Å². The Labute approximate surface area is 118 Å².